The van der Waals surface area contributed by atoms with Gasteiger partial charge in [-0.1, -0.05) is 36.8 Å². The minimum atomic E-state index is -0.356. The first-order valence-electron chi connectivity index (χ1n) is 6.16. The molecule has 2 nitrogen and oxygen atoms in total. The summed E-state index contributed by atoms with van der Waals surface area (Å²) >= 11 is 0. The van der Waals surface area contributed by atoms with E-state index in [0.717, 1.165) is 12.0 Å². The molecule has 0 bridgehead atoms. The summed E-state index contributed by atoms with van der Waals surface area (Å²) in [6.45, 7) is 6.14. The Hall–Kier alpha value is -1.15. The van der Waals surface area contributed by atoms with Gasteiger partial charge in [-0.15, -0.1) is 0 Å². The van der Waals surface area contributed by atoms with Gasteiger partial charge < -0.3 is 0 Å². The lowest BCUT2D eigenvalue weighted by atomic mass is 9.88. The third-order valence-corrected chi connectivity index (χ3v) is 3.76. The Bertz CT molecular complexity index is 380. The van der Waals surface area contributed by atoms with Crippen LogP contribution in [-0.4, -0.2) is 30.3 Å². The quantitative estimate of drug-likeness (QED) is 0.779. The first-order chi connectivity index (χ1) is 7.90. The average molecular weight is 233 g/mol. The molecule has 0 aliphatic heterocycles. The van der Waals surface area contributed by atoms with Gasteiger partial charge in [-0.2, -0.15) is 0 Å². The molecule has 0 amide bonds. The number of benzene rings is 1. The summed E-state index contributed by atoms with van der Waals surface area (Å²) < 4.78 is 0. The molecule has 0 aliphatic carbocycles. The topological polar surface area (TPSA) is 20.3 Å². The summed E-state index contributed by atoms with van der Waals surface area (Å²) in [5, 5.41) is 0. The predicted molar refractivity (Wildman–Crippen MR) is 72.3 cm³/mol. The minimum absolute atomic E-state index is 0.286. The molecule has 94 valence electrons. The predicted octanol–water partition coefficient (Wildman–Crippen LogP) is 2.84. The van der Waals surface area contributed by atoms with Crippen LogP contribution in [-0.2, 0) is 11.2 Å². The van der Waals surface area contributed by atoms with E-state index in [0.29, 0.717) is 6.42 Å². The summed E-state index contributed by atoms with van der Waals surface area (Å²) in [7, 11) is 3.94. The monoisotopic (exact) mass is 233 g/mol. The number of rotatable bonds is 5. The van der Waals surface area contributed by atoms with Crippen molar-refractivity contribution in [3.8, 4) is 0 Å². The van der Waals surface area contributed by atoms with Crippen LogP contribution in [0.5, 0.6) is 0 Å². The molecule has 1 atom stereocenters. The van der Waals surface area contributed by atoms with Crippen LogP contribution in [0.3, 0.4) is 0 Å². The van der Waals surface area contributed by atoms with Crippen molar-refractivity contribution in [3.63, 3.8) is 0 Å². The van der Waals surface area contributed by atoms with Gasteiger partial charge >= 0.3 is 0 Å². The van der Waals surface area contributed by atoms with Crippen molar-refractivity contribution in [2.24, 2.45) is 0 Å². The van der Waals surface area contributed by atoms with Gasteiger partial charge in [0.05, 0.1) is 5.54 Å². The van der Waals surface area contributed by atoms with Crippen molar-refractivity contribution in [3.05, 3.63) is 35.4 Å². The number of hydrogen-bond acceptors (Lipinski definition) is 2. The van der Waals surface area contributed by atoms with Gasteiger partial charge in [-0.3, -0.25) is 9.69 Å². The normalized spacial score (nSPS) is 14.7. The maximum Gasteiger partial charge on any atom is 0.157 e. The van der Waals surface area contributed by atoms with Gasteiger partial charge in [-0.05, 0) is 39.9 Å². The Morgan fingerprint density at radius 3 is 2.18 bits per heavy atom. The van der Waals surface area contributed by atoms with E-state index in [1.807, 2.05) is 38.1 Å². The lowest BCUT2D eigenvalue weighted by Gasteiger charge is -2.34. The smallest absolute Gasteiger partial charge is 0.157 e. The number of carbonyl (C=O) groups is 1. The summed E-state index contributed by atoms with van der Waals surface area (Å²) in [5.74, 6) is 0.286. The zero-order valence-electron chi connectivity index (χ0n) is 11.6. The fourth-order valence-electron chi connectivity index (χ4n) is 1.84. The van der Waals surface area contributed by atoms with E-state index in [2.05, 4.69) is 26.0 Å². The zero-order chi connectivity index (χ0) is 13.1. The average Bonchev–Trinajstić information content (AvgIpc) is 2.30. The van der Waals surface area contributed by atoms with E-state index in [9.17, 15) is 4.79 Å². The van der Waals surface area contributed by atoms with E-state index >= 15 is 0 Å². The second kappa shape index (κ2) is 5.46. The van der Waals surface area contributed by atoms with Gasteiger partial charge in [0.2, 0.25) is 0 Å². The van der Waals surface area contributed by atoms with Crippen LogP contribution in [0.15, 0.2) is 24.3 Å². The third kappa shape index (κ3) is 3.16. The molecule has 0 fully saturated rings. The van der Waals surface area contributed by atoms with E-state index in [-0.39, 0.29) is 11.3 Å². The molecule has 17 heavy (non-hydrogen) atoms. The van der Waals surface area contributed by atoms with Crippen LogP contribution >= 0.6 is 0 Å². The first kappa shape index (κ1) is 13.9. The summed E-state index contributed by atoms with van der Waals surface area (Å²) in [4.78, 5) is 14.4. The zero-order valence-corrected chi connectivity index (χ0v) is 11.6. The van der Waals surface area contributed by atoms with Crippen LogP contribution in [0.25, 0.3) is 0 Å². The van der Waals surface area contributed by atoms with Crippen LogP contribution in [0, 0.1) is 6.92 Å². The molecular weight excluding hydrogens is 210 g/mol. The lowest BCUT2D eigenvalue weighted by Crippen LogP contribution is -2.48. The molecule has 0 spiro atoms. The van der Waals surface area contributed by atoms with Crippen molar-refractivity contribution in [2.45, 2.75) is 39.2 Å². The molecule has 1 aromatic rings. The number of ketones is 1. The van der Waals surface area contributed by atoms with Crippen molar-refractivity contribution in [1.29, 1.82) is 0 Å². The number of hydrogen-bond donors (Lipinski definition) is 0. The Morgan fingerprint density at radius 2 is 1.76 bits per heavy atom. The molecule has 0 N–H and O–H groups in total. The maximum absolute atomic E-state index is 12.4. The fourth-order valence-corrected chi connectivity index (χ4v) is 1.84. The molecule has 0 saturated carbocycles. The van der Waals surface area contributed by atoms with Gasteiger partial charge in [0.25, 0.3) is 0 Å². The van der Waals surface area contributed by atoms with Crippen LogP contribution in [0.4, 0.5) is 0 Å². The Labute approximate surface area is 105 Å². The van der Waals surface area contributed by atoms with Gasteiger partial charge in [0.1, 0.15) is 0 Å². The van der Waals surface area contributed by atoms with Crippen molar-refractivity contribution >= 4 is 5.78 Å². The molecule has 0 heterocycles. The van der Waals surface area contributed by atoms with E-state index in [1.54, 1.807) is 0 Å². The van der Waals surface area contributed by atoms with Gasteiger partial charge in [-0.25, -0.2) is 0 Å². The fraction of sp³-hybridized carbons (Fsp3) is 0.533. The van der Waals surface area contributed by atoms with E-state index in [1.165, 1.54) is 5.56 Å². The molecular formula is C15H23NO. The summed E-state index contributed by atoms with van der Waals surface area (Å²) in [5.41, 5.74) is 1.97. The number of nitrogens with zero attached hydrogens (tertiary/aromatic N) is 1. The molecule has 2 heteroatoms. The number of likely N-dealkylation sites (N-methyl/N-ethyl adjacent to an activating group) is 1. The molecule has 0 aromatic heterocycles. The highest BCUT2D eigenvalue weighted by atomic mass is 16.1. The van der Waals surface area contributed by atoms with Gasteiger partial charge in [0, 0.05) is 6.42 Å². The first-order valence-corrected chi connectivity index (χ1v) is 6.16. The third-order valence-electron chi connectivity index (χ3n) is 3.76. The largest absolute Gasteiger partial charge is 0.297 e. The number of carbonyl (C=O) groups excluding carboxylic acids is 1. The molecule has 1 aromatic carbocycles. The summed E-state index contributed by atoms with van der Waals surface area (Å²) in [6, 6.07) is 8.20. The molecule has 1 rings (SSSR count). The number of aryl methyl sites for hydroxylation is 1. The standard InChI is InChI=1S/C15H23NO/c1-6-15(3,16(4)5)14(17)11-13-9-7-12(2)8-10-13/h7-10H,6,11H2,1-5H3. The van der Waals surface area contributed by atoms with Crippen LogP contribution in [0.2, 0.25) is 0 Å². The molecule has 0 aliphatic rings. The Morgan fingerprint density at radius 1 is 1.24 bits per heavy atom. The Balaban J connectivity index is 2.81. The lowest BCUT2D eigenvalue weighted by molar-refractivity contribution is -0.128. The highest BCUT2D eigenvalue weighted by molar-refractivity contribution is 5.89. The van der Waals surface area contributed by atoms with Crippen LogP contribution < -0.4 is 0 Å². The van der Waals surface area contributed by atoms with E-state index < -0.39 is 0 Å². The van der Waals surface area contributed by atoms with Crippen LogP contribution in [0.1, 0.15) is 31.4 Å². The highest BCUT2D eigenvalue weighted by Gasteiger charge is 2.32. The molecule has 0 saturated heterocycles. The molecule has 1 unspecified atom stereocenters. The minimum Gasteiger partial charge on any atom is -0.297 e. The van der Waals surface area contributed by atoms with Crippen molar-refractivity contribution in [1.82, 2.24) is 4.90 Å². The second-order valence-corrected chi connectivity index (χ2v) is 5.11. The van der Waals surface area contributed by atoms with Gasteiger partial charge in [0.15, 0.2) is 5.78 Å². The SMILES string of the molecule is CCC(C)(C(=O)Cc1ccc(C)cc1)N(C)C. The maximum atomic E-state index is 12.4. The summed E-state index contributed by atoms with van der Waals surface area (Å²) in [6.07, 6.45) is 1.35. The number of Topliss-reactive ketones (excluding diaryl/α,β-unsaturated/α-hetero) is 1. The van der Waals surface area contributed by atoms with Crippen molar-refractivity contribution < 1.29 is 4.79 Å². The Kier molecular flexibility index (Phi) is 4.47. The van der Waals surface area contributed by atoms with E-state index in [4.69, 9.17) is 0 Å². The second-order valence-electron chi connectivity index (χ2n) is 5.11. The molecule has 0 radical (unpaired) electrons. The van der Waals surface area contributed by atoms with Crippen molar-refractivity contribution in [2.75, 3.05) is 14.1 Å². The highest BCUT2D eigenvalue weighted by Crippen LogP contribution is 2.20.